The minimum absolute atomic E-state index is 0.00239. The Bertz CT molecular complexity index is 1190. The number of hydrogen-bond acceptors (Lipinski definition) is 6. The van der Waals surface area contributed by atoms with Crippen molar-refractivity contribution in [2.24, 2.45) is 0 Å². The number of benzene rings is 2. The maximum absolute atomic E-state index is 13.2. The van der Waals surface area contributed by atoms with Gasteiger partial charge in [-0.3, -0.25) is 14.2 Å². The molecule has 0 aliphatic carbocycles. The van der Waals surface area contributed by atoms with Crippen LogP contribution in [0.5, 0.6) is 5.75 Å². The summed E-state index contributed by atoms with van der Waals surface area (Å²) in [4.78, 5) is 30.7. The van der Waals surface area contributed by atoms with Gasteiger partial charge in [0.2, 0.25) is 5.91 Å². The van der Waals surface area contributed by atoms with Gasteiger partial charge in [0.05, 0.1) is 42.0 Å². The molecule has 2 aliphatic rings. The van der Waals surface area contributed by atoms with Crippen molar-refractivity contribution < 1.29 is 14.3 Å². The van der Waals surface area contributed by atoms with Gasteiger partial charge in [-0.2, -0.15) is 0 Å². The topological polar surface area (TPSA) is 82.5 Å². The average Bonchev–Trinajstić information content (AvgIpc) is 3.33. The lowest BCUT2D eigenvalue weighted by atomic mass is 10.0. The number of carbonyl (C=O) groups excluding carboxylic acids is 1. The fourth-order valence-corrected chi connectivity index (χ4v) is 5.09. The average molecular weight is 452 g/mol. The smallest absolute Gasteiger partial charge is 0.262 e. The van der Waals surface area contributed by atoms with E-state index in [1.165, 1.54) is 11.8 Å². The molecular formula is C24H25N3O4S. The van der Waals surface area contributed by atoms with Gasteiger partial charge in [-0.15, -0.1) is 0 Å². The van der Waals surface area contributed by atoms with E-state index in [1.807, 2.05) is 42.5 Å². The van der Waals surface area contributed by atoms with E-state index in [9.17, 15) is 9.59 Å². The molecule has 0 radical (unpaired) electrons. The number of para-hydroxylation sites is 2. The summed E-state index contributed by atoms with van der Waals surface area (Å²) in [6.07, 6.45) is 2.65. The van der Waals surface area contributed by atoms with E-state index in [0.29, 0.717) is 29.2 Å². The minimum atomic E-state index is -0.0947. The lowest BCUT2D eigenvalue weighted by Gasteiger charge is -2.26. The van der Waals surface area contributed by atoms with Crippen LogP contribution in [0.15, 0.2) is 58.5 Å². The van der Waals surface area contributed by atoms with Crippen LogP contribution in [-0.4, -0.2) is 40.5 Å². The Hall–Kier alpha value is -2.84. The molecule has 2 atom stereocenters. The number of aromatic nitrogens is 2. The lowest BCUT2D eigenvalue weighted by molar-refractivity contribution is -0.119. The van der Waals surface area contributed by atoms with Crippen LogP contribution in [0.1, 0.15) is 30.9 Å². The summed E-state index contributed by atoms with van der Waals surface area (Å²) < 4.78 is 13.1. The van der Waals surface area contributed by atoms with Gasteiger partial charge in [0.15, 0.2) is 5.16 Å². The molecule has 7 nitrogen and oxygen atoms in total. The summed E-state index contributed by atoms with van der Waals surface area (Å²) in [6, 6.07) is 15.0. The van der Waals surface area contributed by atoms with E-state index in [0.717, 1.165) is 37.2 Å². The Kier molecular flexibility index (Phi) is 6.14. The van der Waals surface area contributed by atoms with Gasteiger partial charge in [0.1, 0.15) is 5.75 Å². The van der Waals surface area contributed by atoms with Gasteiger partial charge in [-0.1, -0.05) is 42.1 Å². The Morgan fingerprint density at radius 1 is 1.12 bits per heavy atom. The van der Waals surface area contributed by atoms with Crippen LogP contribution < -0.4 is 15.6 Å². The molecule has 1 aromatic heterocycles. The number of thioether (sulfide) groups is 1. The molecule has 5 rings (SSSR count). The first-order valence-electron chi connectivity index (χ1n) is 10.9. The monoisotopic (exact) mass is 451 g/mol. The van der Waals surface area contributed by atoms with Crippen molar-refractivity contribution in [1.82, 2.24) is 14.9 Å². The number of nitrogens with zero attached hydrogens (tertiary/aromatic N) is 2. The van der Waals surface area contributed by atoms with E-state index in [2.05, 4.69) is 5.32 Å². The van der Waals surface area contributed by atoms with Crippen LogP contribution in [0.2, 0.25) is 0 Å². The summed E-state index contributed by atoms with van der Waals surface area (Å²) in [5, 5.41) is 4.24. The van der Waals surface area contributed by atoms with E-state index >= 15 is 0 Å². The summed E-state index contributed by atoms with van der Waals surface area (Å²) in [5.41, 5.74) is 1.55. The van der Waals surface area contributed by atoms with E-state index in [1.54, 1.807) is 10.6 Å². The van der Waals surface area contributed by atoms with Crippen molar-refractivity contribution in [3.8, 4) is 5.75 Å². The minimum Gasteiger partial charge on any atom is -0.493 e. The summed E-state index contributed by atoms with van der Waals surface area (Å²) in [7, 11) is 0. The predicted molar refractivity (Wildman–Crippen MR) is 123 cm³/mol. The fourth-order valence-electron chi connectivity index (χ4n) is 4.27. The van der Waals surface area contributed by atoms with Crippen LogP contribution in [0, 0.1) is 0 Å². The molecule has 0 spiro atoms. The highest BCUT2D eigenvalue weighted by atomic mass is 32.2. The van der Waals surface area contributed by atoms with Gasteiger partial charge in [0, 0.05) is 18.6 Å². The molecule has 0 saturated carbocycles. The third-order valence-corrected chi connectivity index (χ3v) is 6.84. The van der Waals surface area contributed by atoms with Crippen molar-refractivity contribution in [2.75, 3.05) is 19.0 Å². The number of carbonyl (C=O) groups is 1. The second kappa shape index (κ2) is 9.34. The highest BCUT2D eigenvalue weighted by Crippen LogP contribution is 2.31. The Labute approximate surface area is 190 Å². The number of fused-ring (bicyclic) bond motifs is 2. The highest BCUT2D eigenvalue weighted by Gasteiger charge is 2.24. The molecular weight excluding hydrogens is 426 g/mol. The van der Waals surface area contributed by atoms with Crippen LogP contribution >= 0.6 is 11.8 Å². The van der Waals surface area contributed by atoms with Gasteiger partial charge >= 0.3 is 0 Å². The Balaban J connectivity index is 1.34. The second-order valence-electron chi connectivity index (χ2n) is 8.05. The molecule has 3 aromatic rings. The molecule has 1 N–H and O–H groups in total. The van der Waals surface area contributed by atoms with Gasteiger partial charge < -0.3 is 14.8 Å². The first kappa shape index (κ1) is 21.0. The zero-order chi connectivity index (χ0) is 21.9. The first-order chi connectivity index (χ1) is 15.7. The SMILES string of the molecule is O=C(CSc1nc2ccccc2c(=O)n1C[C@H]1CCCO1)N[C@H]1CCOc2ccccc21. The molecule has 1 fully saturated rings. The fraction of sp³-hybridized carbons (Fsp3) is 0.375. The molecule has 0 unspecified atom stereocenters. The second-order valence-corrected chi connectivity index (χ2v) is 8.99. The number of nitrogens with one attached hydrogen (secondary N) is 1. The van der Waals surface area contributed by atoms with Crippen molar-refractivity contribution in [3.05, 3.63) is 64.4 Å². The predicted octanol–water partition coefficient (Wildman–Crippen LogP) is 3.31. The summed E-state index contributed by atoms with van der Waals surface area (Å²) in [5.74, 6) is 0.900. The molecule has 1 amide bonds. The molecule has 2 aromatic carbocycles. The molecule has 0 bridgehead atoms. The summed E-state index contributed by atoms with van der Waals surface area (Å²) in [6.45, 7) is 1.74. The van der Waals surface area contributed by atoms with Crippen LogP contribution in [0.25, 0.3) is 10.9 Å². The van der Waals surface area contributed by atoms with Crippen molar-refractivity contribution in [1.29, 1.82) is 0 Å². The largest absolute Gasteiger partial charge is 0.493 e. The maximum atomic E-state index is 13.2. The van der Waals surface area contributed by atoms with Gasteiger partial charge in [-0.05, 0) is 31.0 Å². The van der Waals surface area contributed by atoms with E-state index in [-0.39, 0.29) is 29.4 Å². The Morgan fingerprint density at radius 2 is 1.97 bits per heavy atom. The van der Waals surface area contributed by atoms with Crippen molar-refractivity contribution in [2.45, 2.75) is 43.1 Å². The number of amides is 1. The van der Waals surface area contributed by atoms with Gasteiger partial charge in [-0.25, -0.2) is 4.98 Å². The molecule has 166 valence electrons. The zero-order valence-corrected chi connectivity index (χ0v) is 18.5. The van der Waals surface area contributed by atoms with E-state index in [4.69, 9.17) is 14.5 Å². The third-order valence-electron chi connectivity index (χ3n) is 5.86. The van der Waals surface area contributed by atoms with E-state index < -0.39 is 0 Å². The molecule has 2 aliphatic heterocycles. The Morgan fingerprint density at radius 3 is 2.84 bits per heavy atom. The number of ether oxygens (including phenoxy) is 2. The van der Waals surface area contributed by atoms with Gasteiger partial charge in [0.25, 0.3) is 5.56 Å². The zero-order valence-electron chi connectivity index (χ0n) is 17.7. The maximum Gasteiger partial charge on any atom is 0.262 e. The highest BCUT2D eigenvalue weighted by molar-refractivity contribution is 7.99. The van der Waals surface area contributed by atoms with Crippen LogP contribution in [0.4, 0.5) is 0 Å². The standard InChI is InChI=1S/C24H25N3O4S/c28-22(25-20-11-13-31-21-10-4-2-7-17(20)21)15-32-24-26-19-9-3-1-8-18(19)23(29)27(24)14-16-6-5-12-30-16/h1-4,7-10,16,20H,5-6,11-15H2,(H,25,28)/t16-,20+/m1/s1. The normalized spacial score (nSPS) is 20.0. The number of hydrogen-bond donors (Lipinski definition) is 1. The van der Waals surface area contributed by atoms with Crippen molar-refractivity contribution in [3.63, 3.8) is 0 Å². The molecule has 3 heterocycles. The van der Waals surface area contributed by atoms with Crippen molar-refractivity contribution >= 4 is 28.6 Å². The van der Waals surface area contributed by atoms with Crippen LogP contribution in [0.3, 0.4) is 0 Å². The quantitative estimate of drug-likeness (QED) is 0.457. The van der Waals surface area contributed by atoms with Crippen LogP contribution in [-0.2, 0) is 16.1 Å². The summed E-state index contributed by atoms with van der Waals surface area (Å²) >= 11 is 1.29. The number of rotatable bonds is 6. The first-order valence-corrected chi connectivity index (χ1v) is 11.9. The third kappa shape index (κ3) is 4.38. The molecule has 32 heavy (non-hydrogen) atoms. The molecule has 8 heteroatoms. The molecule has 1 saturated heterocycles. The lowest BCUT2D eigenvalue weighted by Crippen LogP contribution is -2.33.